The summed E-state index contributed by atoms with van der Waals surface area (Å²) >= 11 is 0. The molecular formula is C18H25N3O3. The Hall–Kier alpha value is -2.34. The Morgan fingerprint density at radius 2 is 1.92 bits per heavy atom. The van der Waals surface area contributed by atoms with Crippen LogP contribution < -0.4 is 10.1 Å². The van der Waals surface area contributed by atoms with Crippen molar-refractivity contribution in [3.05, 3.63) is 46.8 Å². The van der Waals surface area contributed by atoms with Gasteiger partial charge in [-0.2, -0.15) is 5.10 Å². The van der Waals surface area contributed by atoms with E-state index in [0.29, 0.717) is 11.3 Å². The molecule has 1 unspecified atom stereocenters. The van der Waals surface area contributed by atoms with Crippen molar-refractivity contribution < 1.29 is 14.6 Å². The van der Waals surface area contributed by atoms with Gasteiger partial charge in [0.05, 0.1) is 23.5 Å². The van der Waals surface area contributed by atoms with Crippen molar-refractivity contribution >= 4 is 5.91 Å². The second-order valence-electron chi connectivity index (χ2n) is 6.13. The van der Waals surface area contributed by atoms with Gasteiger partial charge < -0.3 is 15.2 Å². The maximum atomic E-state index is 12.3. The van der Waals surface area contributed by atoms with Crippen LogP contribution in [0, 0.1) is 13.8 Å². The molecule has 130 valence electrons. The lowest BCUT2D eigenvalue weighted by molar-refractivity contribution is 0.0915. The van der Waals surface area contributed by atoms with Gasteiger partial charge >= 0.3 is 0 Å². The third-order valence-electron chi connectivity index (χ3n) is 3.83. The van der Waals surface area contributed by atoms with Crippen LogP contribution in [0.15, 0.2) is 24.3 Å². The van der Waals surface area contributed by atoms with E-state index >= 15 is 0 Å². The van der Waals surface area contributed by atoms with E-state index in [4.69, 9.17) is 4.74 Å². The molecule has 2 rings (SSSR count). The Morgan fingerprint density at radius 1 is 1.29 bits per heavy atom. The maximum absolute atomic E-state index is 12.3. The van der Waals surface area contributed by atoms with Gasteiger partial charge in [0.1, 0.15) is 5.75 Å². The lowest BCUT2D eigenvalue weighted by Crippen LogP contribution is -2.29. The number of carbonyl (C=O) groups is 1. The SMILES string of the molecule is Cc1nn(C)c(C)c1C(=O)NCC(O)c1ccc(OC(C)C)cc1. The van der Waals surface area contributed by atoms with E-state index in [2.05, 4.69) is 10.4 Å². The van der Waals surface area contributed by atoms with Crippen LogP contribution in [0.3, 0.4) is 0 Å². The first kappa shape index (κ1) is 18.0. The van der Waals surface area contributed by atoms with Gasteiger partial charge in [-0.05, 0) is 45.4 Å². The first-order chi connectivity index (χ1) is 11.3. The molecule has 0 aliphatic heterocycles. The minimum absolute atomic E-state index is 0.103. The molecule has 0 fully saturated rings. The van der Waals surface area contributed by atoms with Crippen molar-refractivity contribution in [1.29, 1.82) is 0 Å². The van der Waals surface area contributed by atoms with Crippen LogP contribution in [0.25, 0.3) is 0 Å². The van der Waals surface area contributed by atoms with E-state index in [9.17, 15) is 9.90 Å². The normalized spacial score (nSPS) is 12.3. The Bertz CT molecular complexity index is 705. The molecule has 6 nitrogen and oxygen atoms in total. The molecule has 6 heteroatoms. The molecule has 0 aliphatic rings. The van der Waals surface area contributed by atoms with Crippen molar-refractivity contribution in [2.24, 2.45) is 7.05 Å². The number of ether oxygens (including phenoxy) is 1. The van der Waals surface area contributed by atoms with Crippen LogP contribution in [0.1, 0.15) is 47.3 Å². The van der Waals surface area contributed by atoms with E-state index in [1.807, 2.05) is 32.9 Å². The maximum Gasteiger partial charge on any atom is 0.255 e. The molecule has 1 aromatic carbocycles. The fourth-order valence-electron chi connectivity index (χ4n) is 2.54. The molecule has 0 saturated carbocycles. The molecule has 1 aromatic heterocycles. The van der Waals surface area contributed by atoms with E-state index in [1.165, 1.54) is 0 Å². The van der Waals surface area contributed by atoms with Crippen LogP contribution >= 0.6 is 0 Å². The zero-order chi connectivity index (χ0) is 17.9. The highest BCUT2D eigenvalue weighted by molar-refractivity contribution is 5.96. The number of nitrogens with one attached hydrogen (secondary N) is 1. The van der Waals surface area contributed by atoms with Gasteiger partial charge in [-0.3, -0.25) is 9.48 Å². The molecule has 2 N–H and O–H groups in total. The Morgan fingerprint density at radius 3 is 2.42 bits per heavy atom. The predicted octanol–water partition coefficient (Wildman–Crippen LogP) is 2.29. The van der Waals surface area contributed by atoms with Gasteiger partial charge in [0.2, 0.25) is 0 Å². The third kappa shape index (κ3) is 4.14. The molecule has 0 aliphatic carbocycles. The van der Waals surface area contributed by atoms with Crippen LogP contribution in [-0.4, -0.2) is 33.4 Å². The van der Waals surface area contributed by atoms with Crippen molar-refractivity contribution in [1.82, 2.24) is 15.1 Å². The van der Waals surface area contributed by atoms with E-state index in [-0.39, 0.29) is 18.6 Å². The lowest BCUT2D eigenvalue weighted by atomic mass is 10.1. The highest BCUT2D eigenvalue weighted by atomic mass is 16.5. The molecule has 24 heavy (non-hydrogen) atoms. The Kier molecular flexibility index (Phi) is 5.62. The number of amides is 1. The molecule has 0 spiro atoms. The van der Waals surface area contributed by atoms with Gasteiger partial charge in [-0.1, -0.05) is 12.1 Å². The summed E-state index contributed by atoms with van der Waals surface area (Å²) in [5, 5.41) is 17.3. The summed E-state index contributed by atoms with van der Waals surface area (Å²) in [4.78, 5) is 12.3. The number of hydrogen-bond donors (Lipinski definition) is 2. The number of aromatic nitrogens is 2. The number of benzene rings is 1. The van der Waals surface area contributed by atoms with Crippen molar-refractivity contribution in [3.63, 3.8) is 0 Å². The molecule has 1 heterocycles. The smallest absolute Gasteiger partial charge is 0.255 e. The van der Waals surface area contributed by atoms with Gasteiger partial charge in [0, 0.05) is 19.3 Å². The van der Waals surface area contributed by atoms with E-state index in [0.717, 1.165) is 17.0 Å². The van der Waals surface area contributed by atoms with Crippen molar-refractivity contribution in [3.8, 4) is 5.75 Å². The third-order valence-corrected chi connectivity index (χ3v) is 3.83. The number of aliphatic hydroxyl groups excluding tert-OH is 1. The molecule has 1 amide bonds. The highest BCUT2D eigenvalue weighted by Gasteiger charge is 2.18. The lowest BCUT2D eigenvalue weighted by Gasteiger charge is -2.14. The average molecular weight is 331 g/mol. The topological polar surface area (TPSA) is 76.4 Å². The Balaban J connectivity index is 1.97. The highest BCUT2D eigenvalue weighted by Crippen LogP contribution is 2.19. The first-order valence-electron chi connectivity index (χ1n) is 8.02. The summed E-state index contributed by atoms with van der Waals surface area (Å²) < 4.78 is 7.25. The number of aryl methyl sites for hydroxylation is 2. The second-order valence-corrected chi connectivity index (χ2v) is 6.13. The predicted molar refractivity (Wildman–Crippen MR) is 92.2 cm³/mol. The zero-order valence-electron chi connectivity index (χ0n) is 14.8. The summed E-state index contributed by atoms with van der Waals surface area (Å²) in [5.41, 5.74) is 2.77. The van der Waals surface area contributed by atoms with Crippen molar-refractivity contribution in [2.45, 2.75) is 39.9 Å². The summed E-state index contributed by atoms with van der Waals surface area (Å²) in [6, 6.07) is 7.23. The van der Waals surface area contributed by atoms with Crippen LogP contribution in [-0.2, 0) is 7.05 Å². The largest absolute Gasteiger partial charge is 0.491 e. The molecule has 2 aromatic rings. The number of aliphatic hydroxyl groups is 1. The van der Waals surface area contributed by atoms with E-state index < -0.39 is 6.10 Å². The average Bonchev–Trinajstić information content (AvgIpc) is 2.77. The molecule has 1 atom stereocenters. The summed E-state index contributed by atoms with van der Waals surface area (Å²) in [6.07, 6.45) is -0.676. The molecule has 0 saturated heterocycles. The fourth-order valence-corrected chi connectivity index (χ4v) is 2.54. The number of carbonyl (C=O) groups excluding carboxylic acids is 1. The molecular weight excluding hydrogens is 306 g/mol. The zero-order valence-corrected chi connectivity index (χ0v) is 14.8. The number of nitrogens with zero attached hydrogens (tertiary/aromatic N) is 2. The number of rotatable bonds is 6. The minimum Gasteiger partial charge on any atom is -0.491 e. The van der Waals surface area contributed by atoms with Gasteiger partial charge in [0.25, 0.3) is 5.91 Å². The van der Waals surface area contributed by atoms with Gasteiger partial charge in [-0.15, -0.1) is 0 Å². The molecule has 0 radical (unpaired) electrons. The standard InChI is InChI=1S/C18H25N3O3/c1-11(2)24-15-8-6-14(7-9-15)16(22)10-19-18(23)17-12(3)20-21(5)13(17)4/h6-9,11,16,22H,10H2,1-5H3,(H,19,23). The van der Waals surface area contributed by atoms with Gasteiger partial charge in [0.15, 0.2) is 0 Å². The molecule has 0 bridgehead atoms. The quantitative estimate of drug-likeness (QED) is 0.851. The van der Waals surface area contributed by atoms with E-state index in [1.54, 1.807) is 30.8 Å². The van der Waals surface area contributed by atoms with Gasteiger partial charge in [-0.25, -0.2) is 0 Å². The monoisotopic (exact) mass is 331 g/mol. The van der Waals surface area contributed by atoms with Crippen LogP contribution in [0.2, 0.25) is 0 Å². The van der Waals surface area contributed by atoms with Crippen LogP contribution in [0.5, 0.6) is 5.75 Å². The Labute approximate surface area is 142 Å². The summed E-state index contributed by atoms with van der Waals surface area (Å²) in [7, 11) is 1.80. The van der Waals surface area contributed by atoms with Crippen molar-refractivity contribution in [2.75, 3.05) is 6.54 Å². The fraction of sp³-hybridized carbons (Fsp3) is 0.444. The summed E-state index contributed by atoms with van der Waals surface area (Å²) in [5.74, 6) is 0.531. The number of hydrogen-bond acceptors (Lipinski definition) is 4. The first-order valence-corrected chi connectivity index (χ1v) is 8.02. The summed E-state index contributed by atoms with van der Waals surface area (Å²) in [6.45, 7) is 7.70. The van der Waals surface area contributed by atoms with Crippen LogP contribution in [0.4, 0.5) is 0 Å². The minimum atomic E-state index is -0.778. The second kappa shape index (κ2) is 7.49.